The van der Waals surface area contributed by atoms with E-state index in [2.05, 4.69) is 23.1 Å². The lowest BCUT2D eigenvalue weighted by Crippen LogP contribution is -2.26. The highest BCUT2D eigenvalue weighted by molar-refractivity contribution is 7.15. The third-order valence-electron chi connectivity index (χ3n) is 3.00. The van der Waals surface area contributed by atoms with Crippen LogP contribution in [0.5, 0.6) is 0 Å². The molecule has 0 fully saturated rings. The van der Waals surface area contributed by atoms with Gasteiger partial charge in [0.05, 0.1) is 5.69 Å². The summed E-state index contributed by atoms with van der Waals surface area (Å²) in [5.74, 6) is 1.07. The van der Waals surface area contributed by atoms with Crippen LogP contribution in [-0.4, -0.2) is 22.5 Å². The zero-order valence-corrected chi connectivity index (χ0v) is 11.3. The Balaban J connectivity index is 2.34. The Bertz CT molecular complexity index is 474. The highest BCUT2D eigenvalue weighted by Gasteiger charge is 2.16. The van der Waals surface area contributed by atoms with Crippen LogP contribution in [0.2, 0.25) is 0 Å². The number of fused-ring (bicyclic) bond motifs is 1. The third-order valence-corrected chi connectivity index (χ3v) is 3.75. The molecular weight excluding hydrogens is 232 g/mol. The molecule has 0 aliphatic heterocycles. The topological polar surface area (TPSA) is 46.6 Å². The summed E-state index contributed by atoms with van der Waals surface area (Å²) in [7, 11) is 0. The second-order valence-corrected chi connectivity index (χ2v) is 4.95. The van der Waals surface area contributed by atoms with E-state index >= 15 is 0 Å². The van der Waals surface area contributed by atoms with Gasteiger partial charge in [0.15, 0.2) is 10.8 Å². The fraction of sp³-hybridized carbons (Fsp3) is 0.583. The maximum absolute atomic E-state index is 5.86. The Morgan fingerprint density at radius 3 is 2.94 bits per heavy atom. The number of hydrogen-bond donors (Lipinski definition) is 1. The summed E-state index contributed by atoms with van der Waals surface area (Å²) >= 11 is 1.66. The Morgan fingerprint density at radius 1 is 1.47 bits per heavy atom. The van der Waals surface area contributed by atoms with E-state index in [0.29, 0.717) is 6.54 Å². The minimum Gasteiger partial charge on any atom is -0.355 e. The third kappa shape index (κ3) is 2.30. The summed E-state index contributed by atoms with van der Waals surface area (Å²) in [4.78, 5) is 8.06. The molecule has 94 valence electrons. The van der Waals surface area contributed by atoms with Crippen molar-refractivity contribution >= 4 is 22.1 Å². The van der Waals surface area contributed by atoms with Crippen LogP contribution in [0.1, 0.15) is 32.4 Å². The Morgan fingerprint density at radius 2 is 2.29 bits per heavy atom. The Labute approximate surface area is 106 Å². The maximum Gasteiger partial charge on any atom is 0.195 e. The average Bonchev–Trinajstić information content (AvgIpc) is 2.90. The van der Waals surface area contributed by atoms with Gasteiger partial charge >= 0.3 is 0 Å². The molecule has 2 heterocycles. The molecule has 0 aromatic carbocycles. The van der Waals surface area contributed by atoms with Crippen molar-refractivity contribution in [1.29, 1.82) is 0 Å². The highest BCUT2D eigenvalue weighted by atomic mass is 32.1. The second-order valence-electron chi connectivity index (χ2n) is 4.08. The molecule has 0 saturated carbocycles. The van der Waals surface area contributed by atoms with E-state index in [1.54, 1.807) is 11.3 Å². The van der Waals surface area contributed by atoms with Crippen molar-refractivity contribution in [2.45, 2.75) is 33.2 Å². The molecule has 2 N–H and O–H groups in total. The molecule has 2 aromatic rings. The first-order valence-corrected chi connectivity index (χ1v) is 7.09. The zero-order chi connectivity index (χ0) is 12.3. The van der Waals surface area contributed by atoms with Crippen LogP contribution < -0.4 is 10.6 Å². The van der Waals surface area contributed by atoms with Gasteiger partial charge < -0.3 is 10.6 Å². The Kier molecular flexibility index (Phi) is 4.02. The minimum absolute atomic E-state index is 0.538. The number of nitrogens with two attached hydrogens (primary N) is 1. The summed E-state index contributed by atoms with van der Waals surface area (Å²) in [5, 5.41) is 2.05. The first-order valence-electron chi connectivity index (χ1n) is 6.21. The number of thiazole rings is 1. The van der Waals surface area contributed by atoms with E-state index in [4.69, 9.17) is 10.7 Å². The summed E-state index contributed by atoms with van der Waals surface area (Å²) < 4.78 is 2.11. The molecule has 0 unspecified atom stereocenters. The van der Waals surface area contributed by atoms with Crippen molar-refractivity contribution in [1.82, 2.24) is 9.38 Å². The summed E-state index contributed by atoms with van der Waals surface area (Å²) in [5.41, 5.74) is 6.98. The predicted octanol–water partition coefficient (Wildman–Crippen LogP) is 2.48. The second kappa shape index (κ2) is 5.51. The number of rotatable bonds is 6. The van der Waals surface area contributed by atoms with Crippen LogP contribution in [0.15, 0.2) is 11.6 Å². The monoisotopic (exact) mass is 252 g/mol. The van der Waals surface area contributed by atoms with Crippen molar-refractivity contribution in [2.75, 3.05) is 18.0 Å². The van der Waals surface area contributed by atoms with Crippen molar-refractivity contribution < 1.29 is 0 Å². The molecular formula is C12H20N4S. The molecule has 0 amide bonds. The van der Waals surface area contributed by atoms with Gasteiger partial charge in [-0.2, -0.15) is 0 Å². The van der Waals surface area contributed by atoms with E-state index < -0.39 is 0 Å². The predicted molar refractivity (Wildman–Crippen MR) is 73.8 cm³/mol. The molecule has 0 bridgehead atoms. The molecule has 2 rings (SSSR count). The van der Waals surface area contributed by atoms with Crippen molar-refractivity contribution in [2.24, 2.45) is 5.73 Å². The van der Waals surface area contributed by atoms with E-state index in [1.165, 1.54) is 12.8 Å². The van der Waals surface area contributed by atoms with Crippen LogP contribution in [0.4, 0.5) is 5.82 Å². The van der Waals surface area contributed by atoms with Gasteiger partial charge in [-0.3, -0.25) is 4.40 Å². The molecule has 0 atom stereocenters. The van der Waals surface area contributed by atoms with Crippen LogP contribution in [0.25, 0.3) is 4.96 Å². The lowest BCUT2D eigenvalue weighted by atomic mass is 10.3. The molecule has 4 nitrogen and oxygen atoms in total. The van der Waals surface area contributed by atoms with E-state index in [0.717, 1.165) is 29.6 Å². The quantitative estimate of drug-likeness (QED) is 0.859. The minimum atomic E-state index is 0.538. The van der Waals surface area contributed by atoms with E-state index in [9.17, 15) is 0 Å². The van der Waals surface area contributed by atoms with Crippen LogP contribution in [-0.2, 0) is 6.54 Å². The number of hydrogen-bond acceptors (Lipinski definition) is 4. The van der Waals surface area contributed by atoms with Gasteiger partial charge in [0.1, 0.15) is 0 Å². The summed E-state index contributed by atoms with van der Waals surface area (Å²) in [6.45, 7) is 6.96. The van der Waals surface area contributed by atoms with Gasteiger partial charge in [0.25, 0.3) is 0 Å². The smallest absolute Gasteiger partial charge is 0.195 e. The first kappa shape index (κ1) is 12.4. The van der Waals surface area contributed by atoms with Gasteiger partial charge in [-0.05, 0) is 13.3 Å². The molecule has 17 heavy (non-hydrogen) atoms. The van der Waals surface area contributed by atoms with Crippen molar-refractivity contribution in [3.63, 3.8) is 0 Å². The number of imidazole rings is 1. The average molecular weight is 252 g/mol. The molecule has 0 radical (unpaired) electrons. The van der Waals surface area contributed by atoms with Crippen molar-refractivity contribution in [3.8, 4) is 0 Å². The normalized spacial score (nSPS) is 11.2. The standard InChI is InChI=1S/C12H20N4S/c1-3-5-6-15(4-2)11-10(9-13)16-7-8-17-12(16)14-11/h7-8H,3-6,9,13H2,1-2H3. The van der Waals surface area contributed by atoms with E-state index in [-0.39, 0.29) is 0 Å². The molecule has 0 aliphatic rings. The highest BCUT2D eigenvalue weighted by Crippen LogP contribution is 2.24. The maximum atomic E-state index is 5.86. The summed E-state index contributed by atoms with van der Waals surface area (Å²) in [6, 6.07) is 0. The molecule has 2 aromatic heterocycles. The van der Waals surface area contributed by atoms with Gasteiger partial charge in [-0.1, -0.05) is 13.3 Å². The fourth-order valence-electron chi connectivity index (χ4n) is 2.03. The lowest BCUT2D eigenvalue weighted by Gasteiger charge is -2.21. The number of aromatic nitrogens is 2. The van der Waals surface area contributed by atoms with Gasteiger partial charge in [0.2, 0.25) is 0 Å². The lowest BCUT2D eigenvalue weighted by molar-refractivity contribution is 0.721. The van der Waals surface area contributed by atoms with Crippen LogP contribution in [0.3, 0.4) is 0 Å². The van der Waals surface area contributed by atoms with Gasteiger partial charge in [0, 0.05) is 31.2 Å². The van der Waals surface area contributed by atoms with Gasteiger partial charge in [-0.15, -0.1) is 11.3 Å². The van der Waals surface area contributed by atoms with Crippen LogP contribution in [0, 0.1) is 0 Å². The molecule has 0 aliphatic carbocycles. The van der Waals surface area contributed by atoms with Crippen LogP contribution >= 0.6 is 11.3 Å². The molecule has 0 saturated heterocycles. The first-order chi connectivity index (χ1) is 8.31. The summed E-state index contributed by atoms with van der Waals surface area (Å²) in [6.07, 6.45) is 4.45. The fourth-order valence-corrected chi connectivity index (χ4v) is 2.75. The SMILES string of the molecule is CCCCN(CC)c1nc2sccn2c1CN. The molecule has 0 spiro atoms. The number of nitrogens with zero attached hydrogens (tertiary/aromatic N) is 3. The van der Waals surface area contributed by atoms with Gasteiger partial charge in [-0.25, -0.2) is 4.98 Å². The Hall–Kier alpha value is -1.07. The zero-order valence-electron chi connectivity index (χ0n) is 10.5. The number of anilines is 1. The largest absolute Gasteiger partial charge is 0.355 e. The molecule has 5 heteroatoms. The number of unbranched alkanes of at least 4 members (excludes halogenated alkanes) is 1. The van der Waals surface area contributed by atoms with Crippen molar-refractivity contribution in [3.05, 3.63) is 17.3 Å². The van der Waals surface area contributed by atoms with E-state index in [1.807, 2.05) is 11.6 Å².